The molecule has 3 heterocycles. The van der Waals surface area contributed by atoms with Crippen LogP contribution in [0.5, 0.6) is 0 Å². The summed E-state index contributed by atoms with van der Waals surface area (Å²) < 4.78 is 2.18. The van der Waals surface area contributed by atoms with Crippen LogP contribution in [0.25, 0.3) is 10.7 Å². The van der Waals surface area contributed by atoms with Gasteiger partial charge >= 0.3 is 0 Å². The number of thiophene rings is 1. The van der Waals surface area contributed by atoms with Crippen LogP contribution in [0.4, 0.5) is 0 Å². The molecule has 0 fully saturated rings. The topological polar surface area (TPSA) is 43.8 Å². The fourth-order valence-electron chi connectivity index (χ4n) is 2.28. The molecule has 2 aromatic heterocycles. The molecule has 0 spiro atoms. The number of nitrogens with zero attached hydrogens (tertiary/aromatic N) is 2. The molecule has 1 aliphatic heterocycles. The van der Waals surface area contributed by atoms with Gasteiger partial charge in [-0.25, -0.2) is 4.98 Å². The van der Waals surface area contributed by atoms with Gasteiger partial charge in [-0.1, -0.05) is 11.6 Å². The molecule has 0 saturated carbocycles. The Balaban J connectivity index is 2.12. The minimum atomic E-state index is 0.215. The summed E-state index contributed by atoms with van der Waals surface area (Å²) in [7, 11) is 0. The Labute approximate surface area is 109 Å². The number of rotatable bonds is 1. The van der Waals surface area contributed by atoms with Crippen LogP contribution in [-0.2, 0) is 13.0 Å². The smallest absolute Gasteiger partial charge is 0.152 e. The number of halogens is 1. The van der Waals surface area contributed by atoms with Crippen LogP contribution in [0.1, 0.15) is 17.0 Å². The van der Waals surface area contributed by atoms with Crippen molar-refractivity contribution in [3.63, 3.8) is 0 Å². The molecule has 0 radical (unpaired) electrons. The lowest BCUT2D eigenvalue weighted by molar-refractivity contribution is 0.464. The van der Waals surface area contributed by atoms with Gasteiger partial charge in [0, 0.05) is 17.5 Å². The molecule has 3 rings (SSSR count). The second-order valence-electron chi connectivity index (χ2n) is 4.49. The van der Waals surface area contributed by atoms with E-state index in [1.807, 2.05) is 0 Å². The number of aryl methyl sites for hydroxylation is 1. The van der Waals surface area contributed by atoms with E-state index < -0.39 is 0 Å². The Kier molecular flexibility index (Phi) is 2.73. The summed E-state index contributed by atoms with van der Waals surface area (Å²) in [4.78, 5) is 6.95. The van der Waals surface area contributed by atoms with Crippen molar-refractivity contribution in [2.45, 2.75) is 32.4 Å². The summed E-state index contributed by atoms with van der Waals surface area (Å²) in [6.45, 7) is 2.92. The van der Waals surface area contributed by atoms with Crippen molar-refractivity contribution >= 4 is 22.9 Å². The molecule has 0 saturated heterocycles. The summed E-state index contributed by atoms with van der Waals surface area (Å²) in [5.41, 5.74) is 7.16. The Morgan fingerprint density at radius 3 is 3.06 bits per heavy atom. The highest BCUT2D eigenvalue weighted by atomic mass is 35.5. The number of fused-ring (bicyclic) bond motifs is 1. The maximum Gasteiger partial charge on any atom is 0.152 e. The number of nitrogens with two attached hydrogens (primary N) is 1. The van der Waals surface area contributed by atoms with E-state index in [4.69, 9.17) is 17.3 Å². The lowest BCUT2D eigenvalue weighted by Crippen LogP contribution is -2.32. The summed E-state index contributed by atoms with van der Waals surface area (Å²) in [6, 6.07) is 4.43. The fourth-order valence-corrected chi connectivity index (χ4v) is 3.43. The predicted octanol–water partition coefficient (Wildman–Crippen LogP) is 2.85. The average molecular weight is 268 g/mol. The standard InChI is InChI=1S/C12H14ClN3S/c1-7-2-5-10(17-7)12-15-11(13)9-4-3-8(14)6-16(9)12/h2,5,8H,3-4,6,14H2,1H3. The highest BCUT2D eigenvalue weighted by molar-refractivity contribution is 7.15. The van der Waals surface area contributed by atoms with Gasteiger partial charge in [-0.3, -0.25) is 0 Å². The van der Waals surface area contributed by atoms with Crippen molar-refractivity contribution in [2.24, 2.45) is 5.73 Å². The second kappa shape index (κ2) is 4.12. The molecule has 0 amide bonds. The zero-order valence-electron chi connectivity index (χ0n) is 9.61. The van der Waals surface area contributed by atoms with Crippen LogP contribution in [0.3, 0.4) is 0 Å². The first kappa shape index (κ1) is 11.3. The number of hydrogen-bond donors (Lipinski definition) is 1. The van der Waals surface area contributed by atoms with Crippen LogP contribution >= 0.6 is 22.9 Å². The van der Waals surface area contributed by atoms with Crippen molar-refractivity contribution in [1.82, 2.24) is 9.55 Å². The quantitative estimate of drug-likeness (QED) is 0.863. The van der Waals surface area contributed by atoms with Crippen LogP contribution in [0, 0.1) is 6.92 Å². The normalized spacial score (nSPS) is 19.4. The van der Waals surface area contributed by atoms with Crippen LogP contribution in [-0.4, -0.2) is 15.6 Å². The molecule has 5 heteroatoms. The van der Waals surface area contributed by atoms with Crippen molar-refractivity contribution in [3.05, 3.63) is 27.9 Å². The largest absolute Gasteiger partial charge is 0.326 e. The van der Waals surface area contributed by atoms with Gasteiger partial charge in [0.1, 0.15) is 0 Å². The average Bonchev–Trinajstić information content (AvgIpc) is 2.83. The SMILES string of the molecule is Cc1ccc(-c2nc(Cl)c3n2CC(N)CC3)s1. The Morgan fingerprint density at radius 1 is 1.53 bits per heavy atom. The molecule has 90 valence electrons. The van der Waals surface area contributed by atoms with E-state index in [1.54, 1.807) is 11.3 Å². The van der Waals surface area contributed by atoms with E-state index in [9.17, 15) is 0 Å². The van der Waals surface area contributed by atoms with E-state index >= 15 is 0 Å². The van der Waals surface area contributed by atoms with Gasteiger partial charge in [0.05, 0.1) is 10.6 Å². The molecule has 1 unspecified atom stereocenters. The molecular weight excluding hydrogens is 254 g/mol. The van der Waals surface area contributed by atoms with Gasteiger partial charge in [0.2, 0.25) is 0 Å². The first-order valence-corrected chi connectivity index (χ1v) is 6.92. The number of aromatic nitrogens is 2. The number of hydrogen-bond acceptors (Lipinski definition) is 3. The van der Waals surface area contributed by atoms with Crippen LogP contribution in [0.15, 0.2) is 12.1 Å². The summed E-state index contributed by atoms with van der Waals surface area (Å²) >= 11 is 7.94. The van der Waals surface area contributed by atoms with Gasteiger partial charge in [0.25, 0.3) is 0 Å². The molecule has 1 aliphatic rings. The van der Waals surface area contributed by atoms with Crippen molar-refractivity contribution in [3.8, 4) is 10.7 Å². The van der Waals surface area contributed by atoms with E-state index in [0.29, 0.717) is 5.15 Å². The van der Waals surface area contributed by atoms with Crippen molar-refractivity contribution < 1.29 is 0 Å². The van der Waals surface area contributed by atoms with Gasteiger partial charge < -0.3 is 10.3 Å². The molecule has 2 aromatic rings. The first-order chi connectivity index (χ1) is 8.15. The monoisotopic (exact) mass is 267 g/mol. The van der Waals surface area contributed by atoms with Crippen LogP contribution in [0.2, 0.25) is 5.15 Å². The van der Waals surface area contributed by atoms with Gasteiger partial charge in [-0.2, -0.15) is 0 Å². The molecule has 0 aromatic carbocycles. The molecule has 17 heavy (non-hydrogen) atoms. The second-order valence-corrected chi connectivity index (χ2v) is 6.14. The molecule has 0 bridgehead atoms. The van der Waals surface area contributed by atoms with Crippen molar-refractivity contribution in [1.29, 1.82) is 0 Å². The molecule has 3 nitrogen and oxygen atoms in total. The predicted molar refractivity (Wildman–Crippen MR) is 71.6 cm³/mol. The van der Waals surface area contributed by atoms with Crippen molar-refractivity contribution in [2.75, 3.05) is 0 Å². The summed E-state index contributed by atoms with van der Waals surface area (Å²) in [5.74, 6) is 0.971. The van der Waals surface area contributed by atoms with Gasteiger partial charge in [-0.05, 0) is 31.9 Å². The number of imidazole rings is 1. The lowest BCUT2D eigenvalue weighted by atomic mass is 10.1. The molecule has 1 atom stereocenters. The zero-order chi connectivity index (χ0) is 12.0. The summed E-state index contributed by atoms with van der Waals surface area (Å²) in [6.07, 6.45) is 1.92. The van der Waals surface area contributed by atoms with Crippen LogP contribution < -0.4 is 5.73 Å². The lowest BCUT2D eigenvalue weighted by Gasteiger charge is -2.22. The summed E-state index contributed by atoms with van der Waals surface area (Å²) in [5, 5.41) is 0.637. The van der Waals surface area contributed by atoms with E-state index in [0.717, 1.165) is 30.9 Å². The first-order valence-electron chi connectivity index (χ1n) is 5.72. The van der Waals surface area contributed by atoms with E-state index in [-0.39, 0.29) is 6.04 Å². The molecule has 0 aliphatic carbocycles. The van der Waals surface area contributed by atoms with E-state index in [2.05, 4.69) is 28.6 Å². The van der Waals surface area contributed by atoms with E-state index in [1.165, 1.54) is 9.75 Å². The Bertz CT molecular complexity index is 558. The zero-order valence-corrected chi connectivity index (χ0v) is 11.2. The molecule has 2 N–H and O–H groups in total. The third-order valence-corrected chi connectivity index (χ3v) is 4.45. The van der Waals surface area contributed by atoms with Gasteiger partial charge in [-0.15, -0.1) is 11.3 Å². The fraction of sp³-hybridized carbons (Fsp3) is 0.417. The highest BCUT2D eigenvalue weighted by Crippen LogP contribution is 2.33. The molecular formula is C12H14ClN3S. The minimum Gasteiger partial charge on any atom is -0.326 e. The Hall–Kier alpha value is -0.840. The third-order valence-electron chi connectivity index (χ3n) is 3.15. The van der Waals surface area contributed by atoms with Gasteiger partial charge in [0.15, 0.2) is 11.0 Å². The minimum absolute atomic E-state index is 0.215. The Morgan fingerprint density at radius 2 is 2.35 bits per heavy atom. The maximum absolute atomic E-state index is 6.20. The third kappa shape index (κ3) is 1.90. The highest BCUT2D eigenvalue weighted by Gasteiger charge is 2.23. The maximum atomic E-state index is 6.20.